The Labute approximate surface area is 154 Å². The smallest absolute Gasteiger partial charge is 0.324 e. The molecule has 3 aromatic rings. The van der Waals surface area contributed by atoms with Crippen LogP contribution in [0, 0.1) is 12.7 Å². The SMILES string of the molecule is Cc1cc(F)ccc1NC(=O)Cn1c(=O)ccn(Cc2ccccc2)c1=O. The van der Waals surface area contributed by atoms with Crippen molar-refractivity contribution in [1.82, 2.24) is 9.13 Å². The number of rotatable bonds is 5. The van der Waals surface area contributed by atoms with Gasteiger partial charge in [0.1, 0.15) is 12.4 Å². The Hall–Kier alpha value is -3.48. The van der Waals surface area contributed by atoms with Crippen LogP contribution in [-0.4, -0.2) is 15.0 Å². The van der Waals surface area contributed by atoms with Crippen molar-refractivity contribution in [3.63, 3.8) is 0 Å². The summed E-state index contributed by atoms with van der Waals surface area (Å²) in [4.78, 5) is 36.9. The molecule has 1 amide bonds. The number of carbonyl (C=O) groups excluding carboxylic acids is 1. The van der Waals surface area contributed by atoms with Crippen molar-refractivity contribution in [2.24, 2.45) is 0 Å². The fourth-order valence-corrected chi connectivity index (χ4v) is 2.70. The molecule has 7 heteroatoms. The highest BCUT2D eigenvalue weighted by atomic mass is 19.1. The summed E-state index contributed by atoms with van der Waals surface area (Å²) in [6.45, 7) is 1.52. The third-order valence-electron chi connectivity index (χ3n) is 4.10. The molecule has 0 aliphatic rings. The van der Waals surface area contributed by atoms with E-state index in [2.05, 4.69) is 5.32 Å². The van der Waals surface area contributed by atoms with Gasteiger partial charge in [0.15, 0.2) is 0 Å². The highest BCUT2D eigenvalue weighted by Gasteiger charge is 2.12. The van der Waals surface area contributed by atoms with Gasteiger partial charge in [0.05, 0.1) is 6.54 Å². The summed E-state index contributed by atoms with van der Waals surface area (Å²) in [5, 5.41) is 2.60. The Morgan fingerprint density at radius 1 is 1.07 bits per heavy atom. The van der Waals surface area contributed by atoms with E-state index in [1.807, 2.05) is 30.3 Å². The van der Waals surface area contributed by atoms with Crippen LogP contribution >= 0.6 is 0 Å². The Bertz CT molecular complexity index is 1090. The molecule has 0 fully saturated rings. The van der Waals surface area contributed by atoms with Crippen LogP contribution in [0.25, 0.3) is 0 Å². The second-order valence-electron chi connectivity index (χ2n) is 6.14. The van der Waals surface area contributed by atoms with Crippen molar-refractivity contribution >= 4 is 11.6 Å². The number of hydrogen-bond acceptors (Lipinski definition) is 3. The number of halogens is 1. The molecule has 6 nitrogen and oxygen atoms in total. The molecule has 1 N–H and O–H groups in total. The molecule has 138 valence electrons. The van der Waals surface area contributed by atoms with Gasteiger partial charge in [0.25, 0.3) is 5.56 Å². The van der Waals surface area contributed by atoms with Crippen molar-refractivity contribution in [2.75, 3.05) is 5.32 Å². The van der Waals surface area contributed by atoms with E-state index in [-0.39, 0.29) is 0 Å². The van der Waals surface area contributed by atoms with Crippen LogP contribution in [0.5, 0.6) is 0 Å². The Kier molecular flexibility index (Phi) is 5.30. The summed E-state index contributed by atoms with van der Waals surface area (Å²) in [6.07, 6.45) is 1.41. The first-order valence-corrected chi connectivity index (χ1v) is 8.34. The van der Waals surface area contributed by atoms with E-state index in [0.29, 0.717) is 17.8 Å². The van der Waals surface area contributed by atoms with Crippen molar-refractivity contribution < 1.29 is 9.18 Å². The normalized spacial score (nSPS) is 10.6. The number of anilines is 1. The number of aryl methyl sites for hydroxylation is 1. The number of benzene rings is 2. The Balaban J connectivity index is 1.81. The first-order chi connectivity index (χ1) is 12.9. The minimum Gasteiger partial charge on any atom is -0.324 e. The van der Waals surface area contributed by atoms with Gasteiger partial charge in [-0.15, -0.1) is 0 Å². The minimum absolute atomic E-state index is 0.290. The highest BCUT2D eigenvalue weighted by molar-refractivity contribution is 5.91. The van der Waals surface area contributed by atoms with Crippen molar-refractivity contribution in [3.8, 4) is 0 Å². The fraction of sp³-hybridized carbons (Fsp3) is 0.150. The van der Waals surface area contributed by atoms with Crippen LogP contribution in [0.4, 0.5) is 10.1 Å². The zero-order valence-electron chi connectivity index (χ0n) is 14.7. The maximum Gasteiger partial charge on any atom is 0.331 e. The first-order valence-electron chi connectivity index (χ1n) is 8.34. The molecule has 0 bridgehead atoms. The number of nitrogens with one attached hydrogen (secondary N) is 1. The molecule has 1 heterocycles. The number of amides is 1. The maximum atomic E-state index is 13.2. The molecule has 0 aliphatic heterocycles. The van der Waals surface area contributed by atoms with E-state index < -0.39 is 29.5 Å². The fourth-order valence-electron chi connectivity index (χ4n) is 2.70. The second kappa shape index (κ2) is 7.82. The average molecular weight is 367 g/mol. The second-order valence-corrected chi connectivity index (χ2v) is 6.14. The zero-order valence-corrected chi connectivity index (χ0v) is 14.7. The topological polar surface area (TPSA) is 73.1 Å². The standard InChI is InChI=1S/C20H18FN3O3/c1-14-11-16(21)7-8-17(14)22-18(25)13-24-19(26)9-10-23(20(24)27)12-15-5-3-2-4-6-15/h2-11H,12-13H2,1H3,(H,22,25). The van der Waals surface area contributed by atoms with Gasteiger partial charge in [0, 0.05) is 18.0 Å². The maximum absolute atomic E-state index is 13.2. The van der Waals surface area contributed by atoms with Gasteiger partial charge in [0.2, 0.25) is 5.91 Å². The van der Waals surface area contributed by atoms with E-state index in [4.69, 9.17) is 0 Å². The number of nitrogens with zero attached hydrogens (tertiary/aromatic N) is 2. The van der Waals surface area contributed by atoms with Crippen molar-refractivity contribution in [3.05, 3.63) is 98.6 Å². The molecule has 0 atom stereocenters. The monoisotopic (exact) mass is 367 g/mol. The quantitative estimate of drug-likeness (QED) is 0.751. The van der Waals surface area contributed by atoms with E-state index in [0.717, 1.165) is 10.1 Å². The average Bonchev–Trinajstić information content (AvgIpc) is 2.64. The summed E-state index contributed by atoms with van der Waals surface area (Å²) in [5.74, 6) is -0.949. The minimum atomic E-state index is -0.572. The lowest BCUT2D eigenvalue weighted by Crippen LogP contribution is -2.41. The molecule has 0 spiro atoms. The summed E-state index contributed by atoms with van der Waals surface area (Å²) in [6, 6.07) is 14.5. The van der Waals surface area contributed by atoms with Crippen molar-refractivity contribution in [2.45, 2.75) is 20.0 Å². The van der Waals surface area contributed by atoms with E-state index in [9.17, 15) is 18.8 Å². The zero-order chi connectivity index (χ0) is 19.4. The molecule has 1 aromatic heterocycles. The van der Waals surface area contributed by atoms with Gasteiger partial charge >= 0.3 is 5.69 Å². The van der Waals surface area contributed by atoms with Crippen LogP contribution in [-0.2, 0) is 17.9 Å². The third kappa shape index (κ3) is 4.38. The molecule has 0 aliphatic carbocycles. The molecule has 3 rings (SSSR count). The first kappa shape index (κ1) is 18.3. The van der Waals surface area contributed by atoms with Crippen LogP contribution < -0.4 is 16.6 Å². The van der Waals surface area contributed by atoms with Gasteiger partial charge in [-0.1, -0.05) is 30.3 Å². The summed E-state index contributed by atoms with van der Waals surface area (Å²) < 4.78 is 15.4. The molecule has 0 saturated heterocycles. The number of carbonyl (C=O) groups is 1. The van der Waals surface area contributed by atoms with Gasteiger partial charge in [-0.25, -0.2) is 9.18 Å². The third-order valence-corrected chi connectivity index (χ3v) is 4.10. The van der Waals surface area contributed by atoms with Crippen LogP contribution in [0.1, 0.15) is 11.1 Å². The van der Waals surface area contributed by atoms with E-state index in [1.54, 1.807) is 6.92 Å². The van der Waals surface area contributed by atoms with Gasteiger partial charge in [-0.05, 0) is 36.2 Å². The number of hydrogen-bond donors (Lipinski definition) is 1. The molecule has 0 saturated carbocycles. The van der Waals surface area contributed by atoms with Crippen LogP contribution in [0.2, 0.25) is 0 Å². The predicted octanol–water partition coefficient (Wildman–Crippen LogP) is 2.14. The van der Waals surface area contributed by atoms with Crippen molar-refractivity contribution in [1.29, 1.82) is 0 Å². The summed E-state index contributed by atoms with van der Waals surface area (Å²) in [5.41, 5.74) is 0.740. The molecule has 0 radical (unpaired) electrons. The van der Waals surface area contributed by atoms with E-state index >= 15 is 0 Å². The lowest BCUT2D eigenvalue weighted by atomic mass is 10.2. The molecular formula is C20H18FN3O3. The largest absolute Gasteiger partial charge is 0.331 e. The lowest BCUT2D eigenvalue weighted by Gasteiger charge is -2.11. The van der Waals surface area contributed by atoms with Crippen LogP contribution in [0.15, 0.2) is 70.4 Å². The van der Waals surface area contributed by atoms with E-state index in [1.165, 1.54) is 35.0 Å². The molecule has 0 unspecified atom stereocenters. The van der Waals surface area contributed by atoms with Gasteiger partial charge in [-0.3, -0.25) is 18.7 Å². The summed E-state index contributed by atoms with van der Waals surface area (Å²) in [7, 11) is 0. The molecule has 27 heavy (non-hydrogen) atoms. The predicted molar refractivity (Wildman–Crippen MR) is 100 cm³/mol. The van der Waals surface area contributed by atoms with Gasteiger partial charge < -0.3 is 5.32 Å². The molecular weight excluding hydrogens is 349 g/mol. The summed E-state index contributed by atoms with van der Waals surface area (Å²) >= 11 is 0. The van der Waals surface area contributed by atoms with Gasteiger partial charge in [-0.2, -0.15) is 0 Å². The Morgan fingerprint density at radius 3 is 2.52 bits per heavy atom. The highest BCUT2D eigenvalue weighted by Crippen LogP contribution is 2.15. The Morgan fingerprint density at radius 2 is 1.81 bits per heavy atom. The molecule has 2 aromatic carbocycles. The number of aromatic nitrogens is 2. The van der Waals surface area contributed by atoms with Crippen LogP contribution in [0.3, 0.4) is 0 Å². The lowest BCUT2D eigenvalue weighted by molar-refractivity contribution is -0.116.